The van der Waals surface area contributed by atoms with Gasteiger partial charge in [-0.25, -0.2) is 9.97 Å². The molecule has 0 saturated carbocycles. The summed E-state index contributed by atoms with van der Waals surface area (Å²) in [6.07, 6.45) is 1.86. The highest BCUT2D eigenvalue weighted by Gasteiger charge is 2.17. The molecule has 50 heavy (non-hydrogen) atoms. The van der Waals surface area contributed by atoms with Gasteiger partial charge < -0.3 is 4.57 Å². The lowest BCUT2D eigenvalue weighted by molar-refractivity contribution is 0.992. The second-order valence-corrected chi connectivity index (χ2v) is 12.7. The van der Waals surface area contributed by atoms with Crippen LogP contribution in [0.3, 0.4) is 0 Å². The van der Waals surface area contributed by atoms with Gasteiger partial charge in [0.2, 0.25) is 5.95 Å². The van der Waals surface area contributed by atoms with Crippen LogP contribution in [0, 0.1) is 0 Å². The molecule has 10 rings (SSSR count). The zero-order chi connectivity index (χ0) is 33.0. The molecule has 0 amide bonds. The van der Waals surface area contributed by atoms with Crippen LogP contribution in [0.2, 0.25) is 0 Å². The molecule has 234 valence electrons. The Morgan fingerprint density at radius 1 is 0.340 bits per heavy atom. The number of para-hydroxylation sites is 2. The van der Waals surface area contributed by atoms with E-state index in [2.05, 4.69) is 161 Å². The van der Waals surface area contributed by atoms with E-state index in [0.717, 1.165) is 39.1 Å². The van der Waals surface area contributed by atoms with Gasteiger partial charge in [0, 0.05) is 39.0 Å². The van der Waals surface area contributed by atoms with Crippen molar-refractivity contribution in [3.05, 3.63) is 182 Å². The normalized spacial score (nSPS) is 11.6. The average Bonchev–Trinajstić information content (AvgIpc) is 3.71. The zero-order valence-corrected chi connectivity index (χ0v) is 27.1. The minimum absolute atomic E-state index is 0.659. The SMILES string of the molecule is c1ccc(-c2ccc(-n3c4ccccc4c4cc(-c5ccc6c7ccccc7n(-c7nccc(-c8ccccc8)n7)c6c5)ccc43)cc2)cc1. The van der Waals surface area contributed by atoms with E-state index in [1.165, 1.54) is 43.7 Å². The van der Waals surface area contributed by atoms with Gasteiger partial charge in [-0.15, -0.1) is 0 Å². The first-order chi connectivity index (χ1) is 24.8. The Hall–Kier alpha value is -6.78. The predicted octanol–water partition coefficient (Wildman–Crippen LogP) is 11.7. The van der Waals surface area contributed by atoms with Gasteiger partial charge in [-0.2, -0.15) is 0 Å². The van der Waals surface area contributed by atoms with E-state index in [1.54, 1.807) is 0 Å². The van der Waals surface area contributed by atoms with E-state index >= 15 is 0 Å². The molecule has 0 spiro atoms. The van der Waals surface area contributed by atoms with Gasteiger partial charge in [0.1, 0.15) is 0 Å². The molecule has 0 bridgehead atoms. The van der Waals surface area contributed by atoms with Gasteiger partial charge in [0.05, 0.1) is 27.8 Å². The first-order valence-corrected chi connectivity index (χ1v) is 16.9. The number of nitrogens with zero attached hydrogens (tertiary/aromatic N) is 4. The summed E-state index contributed by atoms with van der Waals surface area (Å²) in [5.74, 6) is 0.659. The van der Waals surface area contributed by atoms with Crippen molar-refractivity contribution in [1.29, 1.82) is 0 Å². The topological polar surface area (TPSA) is 35.6 Å². The van der Waals surface area contributed by atoms with E-state index in [-0.39, 0.29) is 0 Å². The first kappa shape index (κ1) is 28.3. The second-order valence-electron chi connectivity index (χ2n) is 12.7. The Balaban J connectivity index is 1.12. The van der Waals surface area contributed by atoms with Crippen LogP contribution in [0.1, 0.15) is 0 Å². The molecule has 4 nitrogen and oxygen atoms in total. The van der Waals surface area contributed by atoms with Gasteiger partial charge in [-0.05, 0) is 70.8 Å². The van der Waals surface area contributed by atoms with E-state index in [4.69, 9.17) is 9.97 Å². The third-order valence-corrected chi connectivity index (χ3v) is 9.82. The van der Waals surface area contributed by atoms with Crippen molar-refractivity contribution in [2.24, 2.45) is 0 Å². The Kier molecular flexibility index (Phi) is 6.46. The molecule has 0 aliphatic carbocycles. The predicted molar refractivity (Wildman–Crippen MR) is 207 cm³/mol. The number of benzene rings is 7. The third kappa shape index (κ3) is 4.54. The Labute approximate surface area is 289 Å². The maximum Gasteiger partial charge on any atom is 0.235 e. The highest BCUT2D eigenvalue weighted by Crippen LogP contribution is 2.38. The van der Waals surface area contributed by atoms with Crippen LogP contribution in [0.4, 0.5) is 0 Å². The summed E-state index contributed by atoms with van der Waals surface area (Å²) >= 11 is 0. The smallest absolute Gasteiger partial charge is 0.235 e. The first-order valence-electron chi connectivity index (χ1n) is 16.9. The largest absolute Gasteiger partial charge is 0.309 e. The average molecular weight is 639 g/mol. The van der Waals surface area contributed by atoms with Crippen molar-refractivity contribution < 1.29 is 0 Å². The maximum atomic E-state index is 5.07. The van der Waals surface area contributed by atoms with E-state index in [9.17, 15) is 0 Å². The lowest BCUT2D eigenvalue weighted by Gasteiger charge is -2.10. The minimum Gasteiger partial charge on any atom is -0.309 e. The molecule has 0 aliphatic rings. The molecule has 0 saturated heterocycles. The molecule has 7 aromatic carbocycles. The standard InChI is InChI=1S/C46H30N4/c1-3-11-31(12-4-1)32-19-23-36(24-20-32)49-42-17-9-8-16-38(42)40-29-34(22-26-44(40)49)35-21-25-39-37-15-7-10-18-43(37)50(45(39)30-35)46-47-28-27-41(48-46)33-13-5-2-6-14-33/h1-30H. The van der Waals surface area contributed by atoms with Crippen LogP contribution in [-0.2, 0) is 0 Å². The number of hydrogen-bond acceptors (Lipinski definition) is 2. The van der Waals surface area contributed by atoms with Crippen LogP contribution in [0.25, 0.3) is 88.8 Å². The fraction of sp³-hybridized carbons (Fsp3) is 0. The quantitative estimate of drug-likeness (QED) is 0.188. The summed E-state index contributed by atoms with van der Waals surface area (Å²) in [5, 5.41) is 4.82. The summed E-state index contributed by atoms with van der Waals surface area (Å²) in [7, 11) is 0. The van der Waals surface area contributed by atoms with Gasteiger partial charge in [0.25, 0.3) is 0 Å². The fourth-order valence-electron chi connectivity index (χ4n) is 7.46. The van der Waals surface area contributed by atoms with Crippen LogP contribution < -0.4 is 0 Å². The van der Waals surface area contributed by atoms with Crippen LogP contribution >= 0.6 is 0 Å². The minimum atomic E-state index is 0.659. The van der Waals surface area contributed by atoms with Gasteiger partial charge in [-0.1, -0.05) is 127 Å². The molecule has 3 aromatic heterocycles. The summed E-state index contributed by atoms with van der Waals surface area (Å²) in [4.78, 5) is 9.85. The lowest BCUT2D eigenvalue weighted by Crippen LogP contribution is -2.01. The van der Waals surface area contributed by atoms with E-state index in [1.807, 2.05) is 30.5 Å². The van der Waals surface area contributed by atoms with Crippen LogP contribution in [-0.4, -0.2) is 19.1 Å². The third-order valence-electron chi connectivity index (χ3n) is 9.82. The molecule has 3 heterocycles. The molecular weight excluding hydrogens is 609 g/mol. The number of hydrogen-bond donors (Lipinski definition) is 0. The molecular formula is C46H30N4. The zero-order valence-electron chi connectivity index (χ0n) is 27.1. The molecule has 4 heteroatoms. The molecule has 0 fully saturated rings. The fourth-order valence-corrected chi connectivity index (χ4v) is 7.46. The summed E-state index contributed by atoms with van der Waals surface area (Å²) in [6.45, 7) is 0. The molecule has 0 unspecified atom stereocenters. The van der Waals surface area contributed by atoms with E-state index < -0.39 is 0 Å². The molecule has 0 radical (unpaired) electrons. The summed E-state index contributed by atoms with van der Waals surface area (Å²) < 4.78 is 4.57. The van der Waals surface area contributed by atoms with Crippen molar-refractivity contribution in [2.75, 3.05) is 0 Å². The molecule has 10 aromatic rings. The number of rotatable bonds is 5. The van der Waals surface area contributed by atoms with Crippen LogP contribution in [0.5, 0.6) is 0 Å². The van der Waals surface area contributed by atoms with Crippen molar-refractivity contribution in [1.82, 2.24) is 19.1 Å². The number of fused-ring (bicyclic) bond motifs is 6. The van der Waals surface area contributed by atoms with E-state index in [0.29, 0.717) is 5.95 Å². The van der Waals surface area contributed by atoms with Crippen molar-refractivity contribution in [2.45, 2.75) is 0 Å². The van der Waals surface area contributed by atoms with Crippen LogP contribution in [0.15, 0.2) is 182 Å². The van der Waals surface area contributed by atoms with Crippen molar-refractivity contribution in [3.8, 4) is 45.1 Å². The molecule has 0 atom stereocenters. The summed E-state index contributed by atoms with van der Waals surface area (Å²) in [6, 6.07) is 62.5. The Morgan fingerprint density at radius 3 is 1.64 bits per heavy atom. The summed E-state index contributed by atoms with van der Waals surface area (Å²) in [5.41, 5.74) is 12.4. The van der Waals surface area contributed by atoms with Crippen molar-refractivity contribution >= 4 is 43.6 Å². The monoisotopic (exact) mass is 638 g/mol. The highest BCUT2D eigenvalue weighted by atomic mass is 15.2. The highest BCUT2D eigenvalue weighted by molar-refractivity contribution is 6.12. The molecule has 0 N–H and O–H groups in total. The van der Waals surface area contributed by atoms with Gasteiger partial charge >= 0.3 is 0 Å². The molecule has 0 aliphatic heterocycles. The van der Waals surface area contributed by atoms with Crippen molar-refractivity contribution in [3.63, 3.8) is 0 Å². The van der Waals surface area contributed by atoms with Gasteiger partial charge in [-0.3, -0.25) is 4.57 Å². The second kappa shape index (κ2) is 11.4. The van der Waals surface area contributed by atoms with Gasteiger partial charge in [0.15, 0.2) is 0 Å². The Bertz CT molecular complexity index is 2850. The maximum absolute atomic E-state index is 5.07. The Morgan fingerprint density at radius 2 is 0.880 bits per heavy atom. The number of aromatic nitrogens is 4. The lowest BCUT2D eigenvalue weighted by atomic mass is 10.0.